The second-order valence-electron chi connectivity index (χ2n) is 5.25. The minimum atomic E-state index is 0.466. The lowest BCUT2D eigenvalue weighted by Gasteiger charge is -2.24. The average molecular weight is 270 g/mol. The monoisotopic (exact) mass is 269 g/mol. The van der Waals surface area contributed by atoms with Crippen molar-refractivity contribution in [1.29, 1.82) is 0 Å². The fourth-order valence-electron chi connectivity index (χ4n) is 2.12. The molecule has 1 rings (SSSR count). The molecule has 0 radical (unpaired) electrons. The van der Waals surface area contributed by atoms with Crippen LogP contribution in [0.5, 0.6) is 5.75 Å². The Morgan fingerprint density at radius 1 is 1.22 bits per heavy atom. The van der Waals surface area contributed by atoms with Gasteiger partial charge in [-0.05, 0) is 43.0 Å². The number of benzene rings is 1. The van der Waals surface area contributed by atoms with Gasteiger partial charge in [-0.15, -0.1) is 0 Å². The van der Waals surface area contributed by atoms with Gasteiger partial charge in [0.15, 0.2) is 0 Å². The summed E-state index contributed by atoms with van der Waals surface area (Å²) in [5.41, 5.74) is 1.18. The topological polar surface area (TPSA) is 21.3 Å². The van der Waals surface area contributed by atoms with Gasteiger partial charge < -0.3 is 10.1 Å². The molecule has 0 saturated carbocycles. The third-order valence-electron chi connectivity index (χ3n) is 3.23. The molecule has 2 atom stereocenters. The molecule has 0 saturated heterocycles. The van der Waals surface area contributed by atoms with Crippen LogP contribution in [0.3, 0.4) is 0 Å². The summed E-state index contributed by atoms with van der Waals surface area (Å²) in [5.74, 6) is 1.45. The summed E-state index contributed by atoms with van der Waals surface area (Å²) >= 11 is 6.05. The number of hydrogen-bond acceptors (Lipinski definition) is 2. The van der Waals surface area contributed by atoms with Gasteiger partial charge in [0.25, 0.3) is 0 Å². The molecular formula is C15H24ClNO. The Labute approximate surface area is 116 Å². The minimum absolute atomic E-state index is 0.466. The lowest BCUT2D eigenvalue weighted by Crippen LogP contribution is -2.37. The van der Waals surface area contributed by atoms with Gasteiger partial charge in [-0.3, -0.25) is 0 Å². The van der Waals surface area contributed by atoms with Crippen LogP contribution in [0.1, 0.15) is 33.3 Å². The van der Waals surface area contributed by atoms with E-state index in [9.17, 15) is 0 Å². The van der Waals surface area contributed by atoms with E-state index in [4.69, 9.17) is 16.3 Å². The van der Waals surface area contributed by atoms with Crippen molar-refractivity contribution in [1.82, 2.24) is 5.32 Å². The summed E-state index contributed by atoms with van der Waals surface area (Å²) in [4.78, 5) is 0. The van der Waals surface area contributed by atoms with E-state index in [0.717, 1.165) is 17.2 Å². The second-order valence-corrected chi connectivity index (χ2v) is 5.68. The molecule has 0 aliphatic heterocycles. The van der Waals surface area contributed by atoms with E-state index in [-0.39, 0.29) is 0 Å². The van der Waals surface area contributed by atoms with Gasteiger partial charge >= 0.3 is 0 Å². The van der Waals surface area contributed by atoms with E-state index in [0.29, 0.717) is 18.0 Å². The first-order chi connectivity index (χ1) is 8.43. The number of methoxy groups -OCH3 is 1. The van der Waals surface area contributed by atoms with Crippen molar-refractivity contribution in [2.24, 2.45) is 5.92 Å². The summed E-state index contributed by atoms with van der Waals surface area (Å²) < 4.78 is 5.38. The largest absolute Gasteiger partial charge is 0.496 e. The second kappa shape index (κ2) is 7.01. The predicted molar refractivity (Wildman–Crippen MR) is 78.6 cm³/mol. The molecule has 0 spiro atoms. The van der Waals surface area contributed by atoms with Gasteiger partial charge in [-0.2, -0.15) is 0 Å². The maximum absolute atomic E-state index is 6.05. The first kappa shape index (κ1) is 15.3. The molecule has 3 heteroatoms. The number of hydrogen-bond donors (Lipinski definition) is 1. The van der Waals surface area contributed by atoms with Crippen molar-refractivity contribution in [2.75, 3.05) is 7.11 Å². The molecule has 0 aliphatic rings. The number of rotatable bonds is 6. The normalized spacial score (nSPS) is 14.6. The highest BCUT2D eigenvalue weighted by Crippen LogP contribution is 2.26. The van der Waals surface area contributed by atoms with E-state index < -0.39 is 0 Å². The molecule has 0 aromatic heterocycles. The molecule has 0 heterocycles. The maximum atomic E-state index is 6.05. The highest BCUT2D eigenvalue weighted by atomic mass is 35.5. The summed E-state index contributed by atoms with van der Waals surface area (Å²) in [7, 11) is 1.70. The smallest absolute Gasteiger partial charge is 0.122 e. The predicted octanol–water partition coefficient (Wildman–Crippen LogP) is 3.91. The van der Waals surface area contributed by atoms with Crippen molar-refractivity contribution in [3.63, 3.8) is 0 Å². The summed E-state index contributed by atoms with van der Waals surface area (Å²) in [6.45, 7) is 8.81. The molecule has 0 fully saturated rings. The van der Waals surface area contributed by atoms with Gasteiger partial charge in [-0.1, -0.05) is 32.4 Å². The molecule has 1 aromatic rings. The zero-order chi connectivity index (χ0) is 13.7. The highest BCUT2D eigenvalue weighted by Gasteiger charge is 2.15. The third-order valence-corrected chi connectivity index (χ3v) is 3.47. The molecule has 2 unspecified atom stereocenters. The maximum Gasteiger partial charge on any atom is 0.122 e. The Balaban J connectivity index is 2.74. The Hall–Kier alpha value is -0.730. The molecule has 0 bridgehead atoms. The quantitative estimate of drug-likeness (QED) is 0.845. The third kappa shape index (κ3) is 4.51. The van der Waals surface area contributed by atoms with Crippen LogP contribution < -0.4 is 10.1 Å². The van der Waals surface area contributed by atoms with Crippen LogP contribution in [0.25, 0.3) is 0 Å². The van der Waals surface area contributed by atoms with E-state index >= 15 is 0 Å². The lowest BCUT2D eigenvalue weighted by atomic mass is 9.94. The minimum Gasteiger partial charge on any atom is -0.496 e. The Bertz CT molecular complexity index is 379. The van der Waals surface area contributed by atoms with Crippen LogP contribution in [0.4, 0.5) is 0 Å². The van der Waals surface area contributed by atoms with Gasteiger partial charge in [0.05, 0.1) is 7.11 Å². The van der Waals surface area contributed by atoms with Crippen LogP contribution in [-0.2, 0) is 6.42 Å². The van der Waals surface area contributed by atoms with Gasteiger partial charge in [0.1, 0.15) is 5.75 Å². The zero-order valence-electron chi connectivity index (χ0n) is 12.0. The van der Waals surface area contributed by atoms with E-state index in [1.54, 1.807) is 7.11 Å². The van der Waals surface area contributed by atoms with Crippen LogP contribution in [-0.4, -0.2) is 19.2 Å². The molecule has 0 aliphatic carbocycles. The molecule has 102 valence electrons. The highest BCUT2D eigenvalue weighted by molar-refractivity contribution is 6.30. The summed E-state index contributed by atoms with van der Waals surface area (Å²) in [6.07, 6.45) is 0.963. The van der Waals surface area contributed by atoms with Crippen molar-refractivity contribution < 1.29 is 4.74 Å². The average Bonchev–Trinajstić information content (AvgIpc) is 2.28. The van der Waals surface area contributed by atoms with Crippen molar-refractivity contribution in [3.8, 4) is 5.75 Å². The molecular weight excluding hydrogens is 246 g/mol. The van der Waals surface area contributed by atoms with E-state index in [2.05, 4.69) is 33.0 Å². The van der Waals surface area contributed by atoms with Gasteiger partial charge in [0, 0.05) is 17.1 Å². The fraction of sp³-hybridized carbons (Fsp3) is 0.600. The number of nitrogens with one attached hydrogen (secondary N) is 1. The Kier molecular flexibility index (Phi) is 5.97. The molecule has 1 aromatic carbocycles. The molecule has 2 nitrogen and oxygen atoms in total. The van der Waals surface area contributed by atoms with Crippen molar-refractivity contribution in [2.45, 2.75) is 46.2 Å². The first-order valence-electron chi connectivity index (χ1n) is 6.52. The van der Waals surface area contributed by atoms with Crippen LogP contribution in [0.15, 0.2) is 18.2 Å². The first-order valence-corrected chi connectivity index (χ1v) is 6.90. The van der Waals surface area contributed by atoms with Crippen LogP contribution in [0.2, 0.25) is 5.02 Å². The number of ether oxygens (including phenoxy) is 1. The van der Waals surface area contributed by atoms with E-state index in [1.807, 2.05) is 18.2 Å². The molecule has 0 amide bonds. The lowest BCUT2D eigenvalue weighted by molar-refractivity contribution is 0.362. The SMILES string of the molecule is COc1ccc(Cl)cc1CC(C)C(C)NC(C)C. The molecule has 18 heavy (non-hydrogen) atoms. The summed E-state index contributed by atoms with van der Waals surface area (Å²) in [5, 5.41) is 4.31. The van der Waals surface area contributed by atoms with Crippen LogP contribution >= 0.6 is 11.6 Å². The summed E-state index contributed by atoms with van der Waals surface area (Å²) in [6, 6.07) is 6.77. The van der Waals surface area contributed by atoms with Crippen molar-refractivity contribution >= 4 is 11.6 Å². The Morgan fingerprint density at radius 3 is 2.44 bits per heavy atom. The number of halogens is 1. The van der Waals surface area contributed by atoms with Gasteiger partial charge in [0.2, 0.25) is 0 Å². The fourth-order valence-corrected chi connectivity index (χ4v) is 2.32. The zero-order valence-corrected chi connectivity index (χ0v) is 12.7. The van der Waals surface area contributed by atoms with Gasteiger partial charge in [-0.25, -0.2) is 0 Å². The van der Waals surface area contributed by atoms with E-state index in [1.165, 1.54) is 5.56 Å². The standard InChI is InChI=1S/C15H24ClNO/c1-10(2)17-12(4)11(3)8-13-9-14(16)6-7-15(13)18-5/h6-7,9-12,17H,8H2,1-5H3. The molecule has 1 N–H and O–H groups in total. The van der Waals surface area contributed by atoms with Crippen LogP contribution in [0, 0.1) is 5.92 Å². The Morgan fingerprint density at radius 2 is 1.89 bits per heavy atom. The van der Waals surface area contributed by atoms with Crippen molar-refractivity contribution in [3.05, 3.63) is 28.8 Å².